The predicted octanol–water partition coefficient (Wildman–Crippen LogP) is 5.20. The summed E-state index contributed by atoms with van der Waals surface area (Å²) >= 11 is 0. The second-order valence-electron chi connectivity index (χ2n) is 6.37. The molecule has 1 atom stereocenters. The lowest BCUT2D eigenvalue weighted by Crippen LogP contribution is -2.44. The van der Waals surface area contributed by atoms with Crippen LogP contribution in [0.25, 0.3) is 0 Å². The van der Waals surface area contributed by atoms with E-state index in [1.807, 2.05) is 0 Å². The van der Waals surface area contributed by atoms with E-state index < -0.39 is 8.56 Å². The fourth-order valence-corrected chi connectivity index (χ4v) is 6.10. The van der Waals surface area contributed by atoms with Gasteiger partial charge in [0, 0.05) is 31.0 Å². The van der Waals surface area contributed by atoms with E-state index in [1.54, 1.807) is 0 Å². The summed E-state index contributed by atoms with van der Waals surface area (Å²) in [6, 6.07) is 0. The smallest absolute Gasteiger partial charge is 0.338 e. The SMILES string of the molecule is CCCC(CC/N=C(/C)CC(C)C)[Si](C)(OCC)OCC. The lowest BCUT2D eigenvalue weighted by molar-refractivity contribution is 0.175. The third kappa shape index (κ3) is 8.74. The molecule has 126 valence electrons. The molecule has 21 heavy (non-hydrogen) atoms. The van der Waals surface area contributed by atoms with E-state index in [-0.39, 0.29) is 0 Å². The van der Waals surface area contributed by atoms with Crippen LogP contribution >= 0.6 is 0 Å². The molecule has 0 fully saturated rings. The van der Waals surface area contributed by atoms with E-state index in [9.17, 15) is 0 Å². The molecule has 0 aromatic carbocycles. The van der Waals surface area contributed by atoms with Gasteiger partial charge in [0.25, 0.3) is 0 Å². The Hall–Kier alpha value is -0.193. The first kappa shape index (κ1) is 20.8. The molecule has 0 rings (SSSR count). The van der Waals surface area contributed by atoms with E-state index in [4.69, 9.17) is 13.8 Å². The number of rotatable bonds is 12. The minimum atomic E-state index is -2.07. The van der Waals surface area contributed by atoms with Gasteiger partial charge >= 0.3 is 8.56 Å². The van der Waals surface area contributed by atoms with Crippen LogP contribution in [-0.2, 0) is 8.85 Å². The summed E-state index contributed by atoms with van der Waals surface area (Å²) in [6.45, 7) is 17.6. The van der Waals surface area contributed by atoms with Crippen molar-refractivity contribution in [3.63, 3.8) is 0 Å². The van der Waals surface area contributed by atoms with Crippen molar-refractivity contribution in [1.82, 2.24) is 0 Å². The van der Waals surface area contributed by atoms with E-state index in [1.165, 1.54) is 18.6 Å². The number of nitrogens with zero attached hydrogens (tertiary/aromatic N) is 1. The molecule has 0 aliphatic carbocycles. The van der Waals surface area contributed by atoms with Crippen molar-refractivity contribution in [2.75, 3.05) is 19.8 Å². The molecule has 0 amide bonds. The molecule has 0 radical (unpaired) electrons. The molecule has 0 bridgehead atoms. The highest BCUT2D eigenvalue weighted by Crippen LogP contribution is 2.32. The summed E-state index contributed by atoms with van der Waals surface area (Å²) in [5, 5.41) is 0. The maximum absolute atomic E-state index is 6.07. The molecular formula is C17H37NO2Si. The zero-order valence-corrected chi connectivity index (χ0v) is 16.4. The van der Waals surface area contributed by atoms with E-state index in [0.29, 0.717) is 11.5 Å². The minimum absolute atomic E-state index is 0.540. The first-order valence-electron chi connectivity index (χ1n) is 8.67. The molecule has 0 heterocycles. The highest BCUT2D eigenvalue weighted by atomic mass is 28.4. The molecule has 0 aromatic heterocycles. The zero-order chi connectivity index (χ0) is 16.3. The Morgan fingerprint density at radius 3 is 2.05 bits per heavy atom. The summed E-state index contributed by atoms with van der Waals surface area (Å²) in [5.74, 6) is 0.687. The summed E-state index contributed by atoms with van der Waals surface area (Å²) in [7, 11) is -2.07. The summed E-state index contributed by atoms with van der Waals surface area (Å²) < 4.78 is 12.1. The minimum Gasteiger partial charge on any atom is -0.394 e. The van der Waals surface area contributed by atoms with Crippen molar-refractivity contribution in [2.45, 2.75) is 79.3 Å². The fraction of sp³-hybridized carbons (Fsp3) is 0.941. The molecule has 0 saturated carbocycles. The van der Waals surface area contributed by atoms with Gasteiger partial charge in [0.15, 0.2) is 0 Å². The monoisotopic (exact) mass is 315 g/mol. The summed E-state index contributed by atoms with van der Waals surface area (Å²) in [6.07, 6.45) is 4.56. The van der Waals surface area contributed by atoms with Crippen LogP contribution in [0.3, 0.4) is 0 Å². The fourth-order valence-electron chi connectivity index (χ4n) is 2.93. The van der Waals surface area contributed by atoms with Gasteiger partial charge in [-0.05, 0) is 52.5 Å². The van der Waals surface area contributed by atoms with Crippen LogP contribution in [-0.4, -0.2) is 34.0 Å². The first-order valence-corrected chi connectivity index (χ1v) is 11.1. The van der Waals surface area contributed by atoms with Gasteiger partial charge in [0.1, 0.15) is 0 Å². The Labute approximate surface area is 133 Å². The van der Waals surface area contributed by atoms with Crippen LogP contribution in [0.2, 0.25) is 12.1 Å². The standard InChI is InChI=1S/C17H37NO2Si/c1-8-11-17(21(7,19-9-2)20-10-3)12-13-18-16(6)14-15(4)5/h15,17H,8-14H2,1-7H3/b18-16-. The number of hydrogen-bond acceptors (Lipinski definition) is 3. The second kappa shape index (κ2) is 11.4. The van der Waals surface area contributed by atoms with Crippen LogP contribution in [0.4, 0.5) is 0 Å². The Morgan fingerprint density at radius 1 is 1.05 bits per heavy atom. The van der Waals surface area contributed by atoms with Gasteiger partial charge in [-0.2, -0.15) is 0 Å². The predicted molar refractivity (Wildman–Crippen MR) is 95.6 cm³/mol. The van der Waals surface area contributed by atoms with Gasteiger partial charge in [0.2, 0.25) is 0 Å². The van der Waals surface area contributed by atoms with Crippen molar-refractivity contribution in [3.05, 3.63) is 0 Å². The highest BCUT2D eigenvalue weighted by Gasteiger charge is 2.39. The normalized spacial score (nSPS) is 14.8. The molecule has 0 saturated heterocycles. The first-order chi connectivity index (χ1) is 9.89. The van der Waals surface area contributed by atoms with Crippen LogP contribution < -0.4 is 0 Å². The van der Waals surface area contributed by atoms with Crippen LogP contribution in [0, 0.1) is 5.92 Å². The van der Waals surface area contributed by atoms with Gasteiger partial charge in [0.05, 0.1) is 0 Å². The number of aliphatic imine (C=N–C) groups is 1. The van der Waals surface area contributed by atoms with E-state index in [2.05, 4.69) is 48.1 Å². The molecule has 0 aromatic rings. The quantitative estimate of drug-likeness (QED) is 0.366. The van der Waals surface area contributed by atoms with Gasteiger partial charge in [-0.1, -0.05) is 27.2 Å². The van der Waals surface area contributed by atoms with E-state index in [0.717, 1.165) is 32.6 Å². The average Bonchev–Trinajstić information content (AvgIpc) is 2.37. The average molecular weight is 316 g/mol. The third-order valence-electron chi connectivity index (χ3n) is 3.80. The summed E-state index contributed by atoms with van der Waals surface area (Å²) in [4.78, 5) is 4.75. The molecule has 0 N–H and O–H groups in total. The summed E-state index contributed by atoms with van der Waals surface area (Å²) in [5.41, 5.74) is 1.81. The molecule has 4 heteroatoms. The lowest BCUT2D eigenvalue weighted by atomic mass is 10.1. The zero-order valence-electron chi connectivity index (χ0n) is 15.4. The maximum atomic E-state index is 6.07. The van der Waals surface area contributed by atoms with Crippen molar-refractivity contribution < 1.29 is 8.85 Å². The Morgan fingerprint density at radius 2 is 1.62 bits per heavy atom. The topological polar surface area (TPSA) is 30.8 Å². The third-order valence-corrected chi connectivity index (χ3v) is 7.59. The van der Waals surface area contributed by atoms with Gasteiger partial charge in [-0.3, -0.25) is 4.99 Å². The van der Waals surface area contributed by atoms with Gasteiger partial charge < -0.3 is 8.85 Å². The molecule has 0 aliphatic heterocycles. The van der Waals surface area contributed by atoms with Crippen LogP contribution in [0.5, 0.6) is 0 Å². The van der Waals surface area contributed by atoms with Gasteiger partial charge in [-0.15, -0.1) is 0 Å². The largest absolute Gasteiger partial charge is 0.394 e. The van der Waals surface area contributed by atoms with Crippen molar-refractivity contribution >= 4 is 14.3 Å². The molecule has 3 nitrogen and oxygen atoms in total. The molecule has 0 aliphatic rings. The van der Waals surface area contributed by atoms with Crippen molar-refractivity contribution in [1.29, 1.82) is 0 Å². The second-order valence-corrected chi connectivity index (χ2v) is 9.80. The van der Waals surface area contributed by atoms with Crippen LogP contribution in [0.15, 0.2) is 4.99 Å². The lowest BCUT2D eigenvalue weighted by Gasteiger charge is -2.33. The number of hydrogen-bond donors (Lipinski definition) is 0. The Bertz CT molecular complexity index is 287. The van der Waals surface area contributed by atoms with Crippen molar-refractivity contribution in [2.24, 2.45) is 10.9 Å². The van der Waals surface area contributed by atoms with Crippen LogP contribution in [0.1, 0.15) is 67.2 Å². The molecule has 1 unspecified atom stereocenters. The van der Waals surface area contributed by atoms with E-state index >= 15 is 0 Å². The maximum Gasteiger partial charge on any atom is 0.338 e. The Kier molecular flexibility index (Phi) is 11.3. The van der Waals surface area contributed by atoms with Crippen molar-refractivity contribution in [3.8, 4) is 0 Å². The molecule has 0 spiro atoms. The Balaban J connectivity index is 4.65. The molecular weight excluding hydrogens is 278 g/mol. The highest BCUT2D eigenvalue weighted by molar-refractivity contribution is 6.67. The van der Waals surface area contributed by atoms with Gasteiger partial charge in [-0.25, -0.2) is 0 Å².